The highest BCUT2D eigenvalue weighted by atomic mass is 32.1. The predicted octanol–water partition coefficient (Wildman–Crippen LogP) is 6.87. The zero-order valence-corrected chi connectivity index (χ0v) is 24.3. The number of nitrogens with zero attached hydrogens (tertiary/aromatic N) is 3. The summed E-state index contributed by atoms with van der Waals surface area (Å²) < 4.78 is 21.6. The first-order valence-corrected chi connectivity index (χ1v) is 14.5. The van der Waals surface area contributed by atoms with E-state index in [2.05, 4.69) is 41.2 Å². The lowest BCUT2D eigenvalue weighted by molar-refractivity contribution is -0.947. The zero-order chi connectivity index (χ0) is 26.4. The number of hydrogen-bond donors (Lipinski definition) is 1. The van der Waals surface area contributed by atoms with Gasteiger partial charge in [0.15, 0.2) is 0 Å². The van der Waals surface area contributed by atoms with E-state index in [4.69, 9.17) is 14.3 Å². The SMILES string of the molecule is CCCCCCCC(OC(=O)NOC(C)(C)C)[N+]1(C)CCC=C(c2nsnc2OCCCCCC)C1. The molecule has 2 unspecified atom stereocenters. The summed E-state index contributed by atoms with van der Waals surface area (Å²) in [5.74, 6) is 0.629. The number of carbonyl (C=O) groups is 1. The Balaban J connectivity index is 2.07. The van der Waals surface area contributed by atoms with Crippen molar-refractivity contribution in [2.24, 2.45) is 0 Å². The third-order valence-electron chi connectivity index (χ3n) is 6.49. The lowest BCUT2D eigenvalue weighted by atomic mass is 10.0. The van der Waals surface area contributed by atoms with Gasteiger partial charge < -0.3 is 9.47 Å². The van der Waals surface area contributed by atoms with E-state index in [0.717, 1.165) is 49.9 Å². The molecule has 1 aromatic rings. The molecule has 0 saturated carbocycles. The second-order valence-electron chi connectivity index (χ2n) is 11.1. The predicted molar refractivity (Wildman–Crippen MR) is 146 cm³/mol. The van der Waals surface area contributed by atoms with Crippen molar-refractivity contribution in [1.29, 1.82) is 0 Å². The molecule has 0 radical (unpaired) electrons. The van der Waals surface area contributed by atoms with Crippen LogP contribution in [0, 0.1) is 0 Å². The highest BCUT2D eigenvalue weighted by molar-refractivity contribution is 6.99. The van der Waals surface area contributed by atoms with Crippen LogP contribution in [0.15, 0.2) is 6.08 Å². The Labute approximate surface area is 222 Å². The van der Waals surface area contributed by atoms with Crippen molar-refractivity contribution in [3.8, 4) is 5.88 Å². The van der Waals surface area contributed by atoms with Gasteiger partial charge in [0.1, 0.15) is 12.2 Å². The first-order valence-electron chi connectivity index (χ1n) is 13.8. The maximum atomic E-state index is 12.7. The minimum Gasteiger partial charge on any atom is -0.475 e. The average Bonchev–Trinajstić information content (AvgIpc) is 3.30. The summed E-state index contributed by atoms with van der Waals surface area (Å²) in [4.78, 5) is 18.1. The van der Waals surface area contributed by atoms with Crippen LogP contribution >= 0.6 is 11.7 Å². The van der Waals surface area contributed by atoms with E-state index >= 15 is 0 Å². The average molecular weight is 526 g/mol. The van der Waals surface area contributed by atoms with E-state index in [1.165, 1.54) is 50.3 Å². The normalized spacial score (nSPS) is 19.0. The molecule has 36 heavy (non-hydrogen) atoms. The highest BCUT2D eigenvalue weighted by Crippen LogP contribution is 2.33. The first-order chi connectivity index (χ1) is 17.2. The standard InChI is InChI=1S/C27H48N4O4S/c1-7-9-11-13-14-18-23(34-26(32)28-35-27(3,4)5)31(6)19-16-17-22(21-31)24-25(30-36-29-24)33-20-15-12-10-8-2/h17,23H,7-16,18-21H2,1-6H3/p+1. The Morgan fingerprint density at radius 2 is 1.78 bits per heavy atom. The number of hydrogen-bond acceptors (Lipinski definition) is 7. The highest BCUT2D eigenvalue weighted by Gasteiger charge is 2.39. The monoisotopic (exact) mass is 525 g/mol. The van der Waals surface area contributed by atoms with E-state index in [-0.39, 0.29) is 6.23 Å². The third-order valence-corrected chi connectivity index (χ3v) is 7.01. The summed E-state index contributed by atoms with van der Waals surface area (Å²) in [6.07, 6.45) is 13.6. The molecule has 9 heteroatoms. The number of likely N-dealkylation sites (N-methyl/N-ethyl adjacent to an activating group) is 1. The van der Waals surface area contributed by atoms with E-state index < -0.39 is 11.7 Å². The van der Waals surface area contributed by atoms with E-state index in [9.17, 15) is 4.79 Å². The molecule has 0 fully saturated rings. The molecule has 0 saturated heterocycles. The molecule has 2 rings (SSSR count). The van der Waals surface area contributed by atoms with Gasteiger partial charge in [0.2, 0.25) is 6.23 Å². The Bertz CT molecular complexity index is 808. The van der Waals surface area contributed by atoms with Crippen molar-refractivity contribution < 1.29 is 23.6 Å². The van der Waals surface area contributed by atoms with Crippen LogP contribution in [0.1, 0.15) is 111 Å². The molecule has 2 heterocycles. The van der Waals surface area contributed by atoms with Crippen LogP contribution < -0.4 is 10.2 Å². The lowest BCUT2D eigenvalue weighted by Crippen LogP contribution is -2.57. The van der Waals surface area contributed by atoms with Crippen molar-refractivity contribution in [1.82, 2.24) is 14.2 Å². The summed E-state index contributed by atoms with van der Waals surface area (Å²) in [5, 5.41) is 0. The smallest absolute Gasteiger partial charge is 0.435 e. The van der Waals surface area contributed by atoms with Crippen molar-refractivity contribution in [3.63, 3.8) is 0 Å². The third kappa shape index (κ3) is 10.7. The summed E-state index contributed by atoms with van der Waals surface area (Å²) in [6.45, 7) is 12.4. The van der Waals surface area contributed by atoms with E-state index in [0.29, 0.717) is 23.5 Å². The maximum absolute atomic E-state index is 12.7. The van der Waals surface area contributed by atoms with Gasteiger partial charge >= 0.3 is 6.09 Å². The van der Waals surface area contributed by atoms with Crippen LogP contribution in [0.2, 0.25) is 0 Å². The fourth-order valence-electron chi connectivity index (χ4n) is 4.42. The largest absolute Gasteiger partial charge is 0.475 e. The summed E-state index contributed by atoms with van der Waals surface area (Å²) in [5.41, 5.74) is 3.94. The van der Waals surface area contributed by atoms with Gasteiger partial charge in [-0.05, 0) is 33.6 Å². The summed E-state index contributed by atoms with van der Waals surface area (Å²) in [6, 6.07) is 0. The van der Waals surface area contributed by atoms with Gasteiger partial charge in [0.25, 0.3) is 5.88 Å². The Morgan fingerprint density at radius 3 is 2.47 bits per heavy atom. The van der Waals surface area contributed by atoms with Gasteiger partial charge in [0.05, 0.1) is 37.5 Å². The molecular formula is C27H49N4O4S+. The summed E-state index contributed by atoms with van der Waals surface area (Å²) in [7, 11) is 2.17. The number of quaternary nitrogens is 1. The van der Waals surface area contributed by atoms with Crippen molar-refractivity contribution in [2.75, 3.05) is 26.7 Å². The van der Waals surface area contributed by atoms with Gasteiger partial charge in [0, 0.05) is 18.4 Å². The van der Waals surface area contributed by atoms with Crippen molar-refractivity contribution >= 4 is 23.4 Å². The van der Waals surface area contributed by atoms with Gasteiger partial charge in [-0.25, -0.2) is 4.79 Å². The molecule has 1 N–H and O–H groups in total. The lowest BCUT2D eigenvalue weighted by Gasteiger charge is -2.42. The van der Waals surface area contributed by atoms with Gasteiger partial charge in [-0.15, -0.1) is 4.37 Å². The van der Waals surface area contributed by atoms with Crippen molar-refractivity contribution in [2.45, 2.75) is 117 Å². The number of unbranched alkanes of at least 4 members (excludes halogenated alkanes) is 7. The first kappa shape index (κ1) is 30.5. The molecule has 1 amide bonds. The number of rotatable bonds is 16. The van der Waals surface area contributed by atoms with Gasteiger partial charge in [-0.1, -0.05) is 64.9 Å². The number of ether oxygens (including phenoxy) is 2. The van der Waals surface area contributed by atoms with Crippen LogP contribution in [0.25, 0.3) is 5.57 Å². The fourth-order valence-corrected chi connectivity index (χ4v) is 4.95. The number of amides is 1. The molecule has 1 aromatic heterocycles. The quantitative estimate of drug-likeness (QED) is 0.144. The number of aromatic nitrogens is 2. The van der Waals surface area contributed by atoms with Crippen LogP contribution in [0.5, 0.6) is 5.88 Å². The molecular weight excluding hydrogens is 476 g/mol. The van der Waals surface area contributed by atoms with Crippen molar-refractivity contribution in [3.05, 3.63) is 11.8 Å². The minimum absolute atomic E-state index is 0.274. The van der Waals surface area contributed by atoms with Crippen LogP contribution in [0.4, 0.5) is 4.79 Å². The summed E-state index contributed by atoms with van der Waals surface area (Å²) >= 11 is 1.19. The molecule has 0 bridgehead atoms. The zero-order valence-electron chi connectivity index (χ0n) is 23.4. The van der Waals surface area contributed by atoms with Crippen LogP contribution in [-0.4, -0.2) is 57.9 Å². The Hall–Kier alpha value is -1.71. The van der Waals surface area contributed by atoms with Crippen LogP contribution in [0.3, 0.4) is 0 Å². The van der Waals surface area contributed by atoms with Gasteiger partial charge in [-0.3, -0.25) is 9.32 Å². The maximum Gasteiger partial charge on any atom is 0.435 e. The molecule has 206 valence electrons. The molecule has 1 aliphatic rings. The molecule has 0 spiro atoms. The van der Waals surface area contributed by atoms with E-state index in [1.54, 1.807) is 0 Å². The second kappa shape index (κ2) is 15.5. The molecule has 2 atom stereocenters. The topological polar surface area (TPSA) is 82.6 Å². The Kier molecular flexibility index (Phi) is 13.2. The number of hydroxylamine groups is 1. The fraction of sp³-hybridized carbons (Fsp3) is 0.815. The van der Waals surface area contributed by atoms with Crippen LogP contribution in [-0.2, 0) is 9.57 Å². The molecule has 0 aromatic carbocycles. The second-order valence-corrected chi connectivity index (χ2v) is 11.6. The number of carbonyl (C=O) groups excluding carboxylic acids is 1. The number of nitrogens with one attached hydrogen (secondary N) is 1. The molecule has 8 nitrogen and oxygen atoms in total. The molecule has 0 aliphatic carbocycles. The Morgan fingerprint density at radius 1 is 1.08 bits per heavy atom. The van der Waals surface area contributed by atoms with E-state index in [1.807, 2.05) is 20.8 Å². The molecule has 1 aliphatic heterocycles. The van der Waals surface area contributed by atoms with Gasteiger partial charge in [-0.2, -0.15) is 9.85 Å². The minimum atomic E-state index is -0.537.